The Morgan fingerprint density at radius 1 is 1.08 bits per heavy atom. The monoisotopic (exact) mass is 515 g/mol. The number of aryl methyl sites for hydroxylation is 1. The number of aromatic nitrogens is 3. The Kier molecular flexibility index (Phi) is 9.32. The topological polar surface area (TPSA) is 120 Å². The molecule has 37 heavy (non-hydrogen) atoms. The Balaban J connectivity index is 1.98. The molecule has 3 rings (SSSR count). The molecule has 1 aliphatic rings. The van der Waals surface area contributed by atoms with Gasteiger partial charge in [0.05, 0.1) is 38.6 Å². The maximum Gasteiger partial charge on any atom is 0.331 e. The molecule has 0 saturated heterocycles. The summed E-state index contributed by atoms with van der Waals surface area (Å²) >= 11 is 0. The Hall–Kier alpha value is -3.39. The van der Waals surface area contributed by atoms with Gasteiger partial charge in [0.25, 0.3) is 0 Å². The van der Waals surface area contributed by atoms with Crippen LogP contribution in [-0.2, 0) is 30.3 Å². The van der Waals surface area contributed by atoms with E-state index in [1.807, 2.05) is 0 Å². The molecule has 0 radical (unpaired) electrons. The van der Waals surface area contributed by atoms with E-state index in [0.29, 0.717) is 17.4 Å². The van der Waals surface area contributed by atoms with Crippen LogP contribution in [0.5, 0.6) is 0 Å². The molecule has 11 heteroatoms. The molecule has 0 amide bonds. The summed E-state index contributed by atoms with van der Waals surface area (Å²) < 4.78 is 17.7. The molecule has 11 nitrogen and oxygen atoms in total. The molecular formula is C26H37N5O6. The van der Waals surface area contributed by atoms with Crippen LogP contribution in [0.4, 0.5) is 5.69 Å². The molecule has 1 fully saturated rings. The second kappa shape index (κ2) is 12.2. The van der Waals surface area contributed by atoms with E-state index in [-0.39, 0.29) is 67.7 Å². The lowest BCUT2D eigenvalue weighted by atomic mass is 9.75. The summed E-state index contributed by atoms with van der Waals surface area (Å²) in [7, 11) is 0. The molecule has 0 spiro atoms. The molecule has 1 saturated carbocycles. The quantitative estimate of drug-likeness (QED) is 0.289. The number of carbonyl (C=O) groups is 3. The van der Waals surface area contributed by atoms with Crippen molar-refractivity contribution < 1.29 is 28.6 Å². The van der Waals surface area contributed by atoms with Gasteiger partial charge in [0.15, 0.2) is 5.65 Å². The number of hydrogen-bond donors (Lipinski definition) is 1. The van der Waals surface area contributed by atoms with Gasteiger partial charge in [0.2, 0.25) is 5.69 Å². The number of rotatable bonds is 10. The van der Waals surface area contributed by atoms with E-state index in [1.54, 1.807) is 25.3 Å². The number of ether oxygens (including phenoxy) is 3. The van der Waals surface area contributed by atoms with E-state index >= 15 is 0 Å². The van der Waals surface area contributed by atoms with E-state index in [9.17, 15) is 14.4 Å². The van der Waals surface area contributed by atoms with Crippen molar-refractivity contribution in [3.8, 4) is 0 Å². The Labute approximate surface area is 217 Å². The first-order valence-electron chi connectivity index (χ1n) is 12.8. The number of nitrogens with zero attached hydrogens (tertiary/aromatic N) is 4. The molecule has 0 bridgehead atoms. The maximum absolute atomic E-state index is 13.5. The van der Waals surface area contributed by atoms with Crippen LogP contribution < -0.4 is 0 Å². The lowest BCUT2D eigenvalue weighted by Gasteiger charge is -2.37. The number of aromatic amines is 1. The standard InChI is InChI=1S/C26H37N5O6/c1-8-35-20(32)13-30(14-21(33)36-9-2)12-19-23(27-7)22(25-28-18(6)29-31(19)25)26(34)37-24-16(4)10-15(3)11-17(24)5/h15-17,24H,8-14H2,1-6H3,(H,28,29). The highest BCUT2D eigenvalue weighted by molar-refractivity contribution is 6.03. The van der Waals surface area contributed by atoms with Gasteiger partial charge < -0.3 is 14.2 Å². The van der Waals surface area contributed by atoms with Crippen molar-refractivity contribution in [3.63, 3.8) is 0 Å². The Morgan fingerprint density at radius 3 is 2.16 bits per heavy atom. The molecule has 2 aromatic rings. The third kappa shape index (κ3) is 6.49. The van der Waals surface area contributed by atoms with Gasteiger partial charge in [-0.05, 0) is 51.4 Å². The lowest BCUT2D eigenvalue weighted by Crippen LogP contribution is -2.37. The van der Waals surface area contributed by atoms with Gasteiger partial charge in [-0.25, -0.2) is 14.6 Å². The minimum Gasteiger partial charge on any atom is -0.465 e. The van der Waals surface area contributed by atoms with Crippen molar-refractivity contribution in [2.45, 2.75) is 67.0 Å². The van der Waals surface area contributed by atoms with Gasteiger partial charge in [-0.1, -0.05) is 20.8 Å². The van der Waals surface area contributed by atoms with Crippen LogP contribution in [0.3, 0.4) is 0 Å². The molecule has 2 heterocycles. The van der Waals surface area contributed by atoms with Crippen molar-refractivity contribution in [2.24, 2.45) is 17.8 Å². The molecule has 2 atom stereocenters. The third-order valence-electron chi connectivity index (χ3n) is 6.68. The van der Waals surface area contributed by atoms with Crippen LogP contribution in [0.25, 0.3) is 10.5 Å². The van der Waals surface area contributed by atoms with Gasteiger partial charge in [-0.3, -0.25) is 24.1 Å². The second-order valence-electron chi connectivity index (χ2n) is 9.91. The summed E-state index contributed by atoms with van der Waals surface area (Å²) in [5.74, 6) is -0.133. The van der Waals surface area contributed by atoms with Crippen molar-refractivity contribution in [3.05, 3.63) is 28.5 Å². The molecule has 2 aromatic heterocycles. The van der Waals surface area contributed by atoms with Crippen molar-refractivity contribution in [1.82, 2.24) is 19.5 Å². The number of carbonyl (C=O) groups excluding carboxylic acids is 3. The summed E-state index contributed by atoms with van der Waals surface area (Å²) in [5.41, 5.74) is 0.829. The molecule has 0 aliphatic heterocycles. The SMILES string of the molecule is [C-]#[N+]c1c(C(=O)OC2C(C)CC(C)CC2C)c2nc(C)[nH]n2c1CN(CC(=O)OCC)CC(=O)OCC. The van der Waals surface area contributed by atoms with Crippen LogP contribution in [-0.4, -0.2) is 69.8 Å². The van der Waals surface area contributed by atoms with Gasteiger partial charge in [0, 0.05) is 6.54 Å². The number of H-pyrrole nitrogens is 1. The van der Waals surface area contributed by atoms with Crippen LogP contribution >= 0.6 is 0 Å². The number of esters is 3. The van der Waals surface area contributed by atoms with E-state index in [0.717, 1.165) is 12.8 Å². The Bertz CT molecular complexity index is 1150. The van der Waals surface area contributed by atoms with Crippen molar-refractivity contribution in [2.75, 3.05) is 26.3 Å². The summed E-state index contributed by atoms with van der Waals surface area (Å²) in [5, 5.41) is 3.06. The highest BCUT2D eigenvalue weighted by Crippen LogP contribution is 2.37. The van der Waals surface area contributed by atoms with Gasteiger partial charge in [-0.2, -0.15) is 0 Å². The van der Waals surface area contributed by atoms with E-state index in [1.165, 1.54) is 4.90 Å². The predicted molar refractivity (Wildman–Crippen MR) is 135 cm³/mol. The van der Waals surface area contributed by atoms with E-state index < -0.39 is 17.9 Å². The molecule has 1 aliphatic carbocycles. The molecular weight excluding hydrogens is 478 g/mol. The van der Waals surface area contributed by atoms with Crippen LogP contribution in [0, 0.1) is 31.2 Å². The summed E-state index contributed by atoms with van der Waals surface area (Å²) in [6.45, 7) is 19.4. The van der Waals surface area contributed by atoms with Gasteiger partial charge in [-0.15, -0.1) is 0 Å². The van der Waals surface area contributed by atoms with Crippen molar-refractivity contribution >= 4 is 29.2 Å². The predicted octanol–water partition coefficient (Wildman–Crippen LogP) is 3.68. The first-order valence-corrected chi connectivity index (χ1v) is 12.8. The van der Waals surface area contributed by atoms with Gasteiger partial charge >= 0.3 is 17.9 Å². The lowest BCUT2D eigenvalue weighted by molar-refractivity contribution is -0.148. The fourth-order valence-electron chi connectivity index (χ4n) is 5.39. The average Bonchev–Trinajstić information content (AvgIpc) is 3.31. The highest BCUT2D eigenvalue weighted by atomic mass is 16.5. The van der Waals surface area contributed by atoms with E-state index in [2.05, 4.69) is 35.7 Å². The average molecular weight is 516 g/mol. The van der Waals surface area contributed by atoms with Crippen LogP contribution in [0.1, 0.15) is 69.3 Å². The number of nitrogens with one attached hydrogen (secondary N) is 1. The molecule has 2 unspecified atom stereocenters. The van der Waals surface area contributed by atoms with Crippen molar-refractivity contribution in [1.29, 1.82) is 0 Å². The smallest absolute Gasteiger partial charge is 0.331 e. The Morgan fingerprint density at radius 2 is 1.65 bits per heavy atom. The minimum absolute atomic E-state index is 0.000823. The third-order valence-corrected chi connectivity index (χ3v) is 6.68. The molecule has 202 valence electrons. The largest absolute Gasteiger partial charge is 0.465 e. The second-order valence-corrected chi connectivity index (χ2v) is 9.91. The number of hydrogen-bond acceptors (Lipinski definition) is 8. The van der Waals surface area contributed by atoms with Gasteiger partial charge in [0.1, 0.15) is 17.5 Å². The fourth-order valence-corrected chi connectivity index (χ4v) is 5.39. The minimum atomic E-state index is -0.596. The van der Waals surface area contributed by atoms with E-state index in [4.69, 9.17) is 20.8 Å². The zero-order valence-electron chi connectivity index (χ0n) is 22.5. The van der Waals surface area contributed by atoms with Crippen LogP contribution in [0.15, 0.2) is 0 Å². The first kappa shape index (κ1) is 28.2. The maximum atomic E-state index is 13.5. The highest BCUT2D eigenvalue weighted by Gasteiger charge is 2.37. The fraction of sp³-hybridized carbons (Fsp3) is 0.654. The first-order chi connectivity index (χ1) is 17.6. The summed E-state index contributed by atoms with van der Waals surface area (Å²) in [6, 6.07) is 0. The number of fused-ring (bicyclic) bond motifs is 1. The summed E-state index contributed by atoms with van der Waals surface area (Å²) in [4.78, 5) is 47.7. The zero-order valence-corrected chi connectivity index (χ0v) is 22.5. The van der Waals surface area contributed by atoms with Crippen LogP contribution in [0.2, 0.25) is 0 Å². The molecule has 0 aromatic carbocycles. The zero-order chi connectivity index (χ0) is 27.3. The molecule has 1 N–H and O–H groups in total. The normalized spacial score (nSPS) is 21.6. The summed E-state index contributed by atoms with van der Waals surface area (Å²) in [6.07, 6.45) is 1.67.